The molecule has 0 aromatic heterocycles. The summed E-state index contributed by atoms with van der Waals surface area (Å²) in [5, 5.41) is 14.4. The molecule has 1 saturated heterocycles. The Bertz CT molecular complexity index is 1630. The van der Waals surface area contributed by atoms with E-state index in [4.69, 9.17) is 18.9 Å². The maximum atomic E-state index is 14.8. The minimum Gasteiger partial charge on any atom is -0.497 e. The summed E-state index contributed by atoms with van der Waals surface area (Å²) in [6.45, 7) is 6.99. The maximum Gasteiger partial charge on any atom is 0.305 e. The second-order valence-electron chi connectivity index (χ2n) is 13.1. The molecule has 256 valence electrons. The first-order chi connectivity index (χ1) is 23.0. The molecule has 5 rings (SSSR count). The first kappa shape index (κ1) is 35.1. The van der Waals surface area contributed by atoms with Crippen LogP contribution in [-0.2, 0) is 24.7 Å². The van der Waals surface area contributed by atoms with Gasteiger partial charge in [0.2, 0.25) is 0 Å². The zero-order chi connectivity index (χ0) is 34.6. The van der Waals surface area contributed by atoms with Crippen molar-refractivity contribution in [3.05, 3.63) is 77.9 Å². The molecule has 2 aliphatic heterocycles. The first-order valence-corrected chi connectivity index (χ1v) is 19.5. The fraction of sp³-hybridized carbons (Fsp3) is 0.432. The highest BCUT2D eigenvalue weighted by atomic mass is 28.3. The van der Waals surface area contributed by atoms with Gasteiger partial charge in [-0.15, -0.1) is 0 Å². The Hall–Kier alpha value is -4.19. The van der Waals surface area contributed by atoms with Crippen molar-refractivity contribution < 1.29 is 38.4 Å². The molecular weight excluding hydrogens is 628 g/mol. The Kier molecular flexibility index (Phi) is 10.6. The molecule has 1 fully saturated rings. The molecule has 0 radical (unpaired) electrons. The standard InChI is InChI=1S/C37H46N2O8Si/c1-24-34(48(5,6)29-17-15-28(45-3)16-18-29)32(20-22-40)47-37(24)30-23-26(38-35(42)25-10-13-27(44-2)14-11-25)12-19-31(30)39(36(37)43)21-8-7-9-33(41)46-4/h10-19,23-24,32,34,40H,7-9,20-22H2,1-6H3,(H,38,42)/t24-,32+,34-,37+/m0/s1. The number of nitrogens with one attached hydrogen (secondary N) is 1. The molecule has 2 heterocycles. The predicted octanol–water partition coefficient (Wildman–Crippen LogP) is 5.24. The lowest BCUT2D eigenvalue weighted by atomic mass is 9.82. The SMILES string of the molecule is COC(=O)CCCCN1C(=O)[C@]2(O[C@H](CCO)[C@@H]([Si](C)(C)c3ccc(OC)cc3)[C@@H]2C)c2cc(NC(=O)c3ccc(OC)cc3)ccc21. The van der Waals surface area contributed by atoms with Crippen LogP contribution < -0.4 is 24.9 Å². The summed E-state index contributed by atoms with van der Waals surface area (Å²) in [6.07, 6.45) is 1.44. The average Bonchev–Trinajstić information content (AvgIpc) is 3.52. The van der Waals surface area contributed by atoms with Gasteiger partial charge in [0.1, 0.15) is 11.5 Å². The number of carbonyl (C=O) groups is 3. The number of hydrogen-bond acceptors (Lipinski definition) is 8. The molecule has 3 aromatic rings. The number of aliphatic hydroxyl groups excluding tert-OH is 1. The van der Waals surface area contributed by atoms with Crippen LogP contribution >= 0.6 is 0 Å². The van der Waals surface area contributed by atoms with Gasteiger partial charge in [-0.2, -0.15) is 0 Å². The van der Waals surface area contributed by atoms with Crippen LogP contribution in [0.4, 0.5) is 11.4 Å². The van der Waals surface area contributed by atoms with Gasteiger partial charge in [0.25, 0.3) is 11.8 Å². The molecule has 11 heteroatoms. The van der Waals surface area contributed by atoms with Gasteiger partial charge in [-0.05, 0) is 79.4 Å². The summed E-state index contributed by atoms with van der Waals surface area (Å²) in [7, 11) is 2.24. The van der Waals surface area contributed by atoms with E-state index in [0.717, 1.165) is 11.4 Å². The number of aliphatic hydroxyl groups is 1. The largest absolute Gasteiger partial charge is 0.497 e. The molecule has 3 aromatic carbocycles. The third kappa shape index (κ3) is 6.46. The van der Waals surface area contributed by atoms with E-state index in [1.807, 2.05) is 24.3 Å². The smallest absolute Gasteiger partial charge is 0.305 e. The van der Waals surface area contributed by atoms with Crippen molar-refractivity contribution in [1.29, 1.82) is 0 Å². The fourth-order valence-electron chi connectivity index (χ4n) is 7.60. The highest BCUT2D eigenvalue weighted by molar-refractivity contribution is 6.91. The van der Waals surface area contributed by atoms with Gasteiger partial charge in [0.15, 0.2) is 5.60 Å². The summed E-state index contributed by atoms with van der Waals surface area (Å²) in [5.41, 5.74) is 1.09. The van der Waals surface area contributed by atoms with Crippen LogP contribution in [0.25, 0.3) is 0 Å². The molecule has 2 aliphatic rings. The van der Waals surface area contributed by atoms with Crippen LogP contribution in [0.5, 0.6) is 11.5 Å². The topological polar surface area (TPSA) is 124 Å². The Morgan fingerprint density at radius 3 is 2.21 bits per heavy atom. The Balaban J connectivity index is 1.54. The summed E-state index contributed by atoms with van der Waals surface area (Å²) in [6, 6.07) is 20.5. The number of fused-ring (bicyclic) bond motifs is 2. The first-order valence-electron chi connectivity index (χ1n) is 16.4. The Morgan fingerprint density at radius 2 is 1.60 bits per heavy atom. The summed E-state index contributed by atoms with van der Waals surface area (Å²) in [5.74, 6) is 0.430. The molecule has 0 bridgehead atoms. The van der Waals surface area contributed by atoms with Crippen molar-refractivity contribution in [3.8, 4) is 11.5 Å². The lowest BCUT2D eigenvalue weighted by Crippen LogP contribution is -2.52. The fourth-order valence-corrected chi connectivity index (χ4v) is 11.7. The van der Waals surface area contributed by atoms with E-state index in [0.29, 0.717) is 48.4 Å². The zero-order valence-electron chi connectivity index (χ0n) is 28.6. The molecule has 2 amide bonds. The Labute approximate surface area is 283 Å². The van der Waals surface area contributed by atoms with Crippen molar-refractivity contribution >= 4 is 42.4 Å². The van der Waals surface area contributed by atoms with Gasteiger partial charge in [0, 0.05) is 42.3 Å². The molecule has 10 nitrogen and oxygen atoms in total. The number of anilines is 2. The van der Waals surface area contributed by atoms with Gasteiger partial charge >= 0.3 is 5.97 Å². The van der Waals surface area contributed by atoms with Gasteiger partial charge in [-0.25, -0.2) is 0 Å². The number of hydrogen-bond donors (Lipinski definition) is 2. The van der Waals surface area contributed by atoms with Gasteiger partial charge in [0.05, 0.1) is 41.2 Å². The van der Waals surface area contributed by atoms with E-state index < -0.39 is 13.7 Å². The number of benzene rings is 3. The number of unbranched alkanes of at least 4 members (excludes halogenated alkanes) is 1. The van der Waals surface area contributed by atoms with Crippen LogP contribution in [0.2, 0.25) is 18.6 Å². The van der Waals surface area contributed by atoms with Crippen molar-refractivity contribution in [3.63, 3.8) is 0 Å². The third-order valence-corrected chi connectivity index (χ3v) is 14.5. The van der Waals surface area contributed by atoms with E-state index in [-0.39, 0.29) is 48.4 Å². The van der Waals surface area contributed by atoms with Crippen molar-refractivity contribution in [2.24, 2.45) is 5.92 Å². The minimum atomic E-state index is -2.35. The van der Waals surface area contributed by atoms with Crippen molar-refractivity contribution in [2.75, 3.05) is 44.7 Å². The van der Waals surface area contributed by atoms with E-state index in [1.165, 1.54) is 12.3 Å². The summed E-state index contributed by atoms with van der Waals surface area (Å²) in [4.78, 5) is 41.6. The number of ether oxygens (including phenoxy) is 4. The second kappa shape index (κ2) is 14.5. The number of esters is 1. The molecule has 0 aliphatic carbocycles. The quantitative estimate of drug-likeness (QED) is 0.143. The van der Waals surface area contributed by atoms with Crippen LogP contribution in [0, 0.1) is 5.92 Å². The highest BCUT2D eigenvalue weighted by Gasteiger charge is 2.66. The normalized spacial score (nSPS) is 21.7. The second-order valence-corrected chi connectivity index (χ2v) is 17.8. The predicted molar refractivity (Wildman–Crippen MR) is 187 cm³/mol. The zero-order valence-corrected chi connectivity index (χ0v) is 29.6. The molecular formula is C37H46N2O8Si. The Morgan fingerprint density at radius 1 is 0.958 bits per heavy atom. The van der Waals surface area contributed by atoms with Crippen LogP contribution in [0.3, 0.4) is 0 Å². The number of nitrogens with zero attached hydrogens (tertiary/aromatic N) is 1. The monoisotopic (exact) mass is 674 g/mol. The average molecular weight is 675 g/mol. The lowest BCUT2D eigenvalue weighted by molar-refractivity contribution is -0.146. The molecule has 1 spiro atoms. The van der Waals surface area contributed by atoms with Crippen molar-refractivity contribution in [2.45, 2.75) is 62.9 Å². The van der Waals surface area contributed by atoms with Crippen molar-refractivity contribution in [1.82, 2.24) is 0 Å². The molecule has 2 N–H and O–H groups in total. The van der Waals surface area contributed by atoms with E-state index in [2.05, 4.69) is 37.5 Å². The summed E-state index contributed by atoms with van der Waals surface area (Å²) >= 11 is 0. The minimum absolute atomic E-state index is 0.0216. The van der Waals surface area contributed by atoms with Gasteiger partial charge in [-0.1, -0.05) is 37.3 Å². The number of methoxy groups -OCH3 is 3. The van der Waals surface area contributed by atoms with Crippen LogP contribution in [0.1, 0.15) is 48.5 Å². The number of amides is 2. The number of rotatable bonds is 13. The molecule has 0 saturated carbocycles. The third-order valence-electron chi connectivity index (χ3n) is 10.1. The van der Waals surface area contributed by atoms with Crippen LogP contribution in [0.15, 0.2) is 66.7 Å². The lowest BCUT2D eigenvalue weighted by Gasteiger charge is -2.37. The van der Waals surface area contributed by atoms with Crippen LogP contribution in [-0.4, -0.2) is 71.5 Å². The molecule has 0 unspecified atom stereocenters. The molecule has 4 atom stereocenters. The van der Waals surface area contributed by atoms with E-state index in [1.54, 1.807) is 49.5 Å². The van der Waals surface area contributed by atoms with E-state index >= 15 is 0 Å². The van der Waals surface area contributed by atoms with Gasteiger partial charge in [-0.3, -0.25) is 14.4 Å². The number of carbonyl (C=O) groups excluding carboxylic acids is 3. The van der Waals surface area contributed by atoms with E-state index in [9.17, 15) is 19.5 Å². The molecule has 48 heavy (non-hydrogen) atoms. The maximum absolute atomic E-state index is 14.8. The summed E-state index contributed by atoms with van der Waals surface area (Å²) < 4.78 is 22.4. The highest BCUT2D eigenvalue weighted by Crippen LogP contribution is 2.60. The van der Waals surface area contributed by atoms with Gasteiger partial charge < -0.3 is 34.3 Å².